The van der Waals surface area contributed by atoms with Gasteiger partial charge in [0.1, 0.15) is 17.3 Å². The number of amides is 1. The third kappa shape index (κ3) is 5.00. The van der Waals surface area contributed by atoms with Gasteiger partial charge in [0.05, 0.1) is 5.69 Å². The van der Waals surface area contributed by atoms with Gasteiger partial charge in [0, 0.05) is 56.2 Å². The maximum atomic E-state index is 14.3. The molecular weight excluding hydrogens is 495 g/mol. The fraction of sp³-hybridized carbons (Fsp3) is 0.407. The fourth-order valence-electron chi connectivity index (χ4n) is 5.31. The molecule has 1 aromatic heterocycles. The Bertz CT molecular complexity index is 1480. The van der Waals surface area contributed by atoms with Crippen LogP contribution in [-0.2, 0) is 21.4 Å². The number of nitrogens with zero attached hydrogens (tertiary/aromatic N) is 4. The van der Waals surface area contributed by atoms with Crippen molar-refractivity contribution in [1.82, 2.24) is 13.8 Å². The van der Waals surface area contributed by atoms with Crippen LogP contribution in [-0.4, -0.2) is 67.4 Å². The number of pyridine rings is 1. The van der Waals surface area contributed by atoms with E-state index in [0.29, 0.717) is 43.2 Å². The minimum Gasteiger partial charge on any atom is -0.367 e. The molecule has 0 spiro atoms. The number of piperidine rings is 1. The zero-order chi connectivity index (χ0) is 26.2. The Labute approximate surface area is 215 Å². The molecule has 5 rings (SSSR count). The van der Waals surface area contributed by atoms with Gasteiger partial charge in [0.2, 0.25) is 15.9 Å². The molecule has 1 amide bonds. The Kier molecular flexibility index (Phi) is 7.04. The van der Waals surface area contributed by atoms with Crippen molar-refractivity contribution in [3.63, 3.8) is 0 Å². The molecular formula is C27H31FN4O4S. The highest BCUT2D eigenvalue weighted by Gasteiger charge is 2.32. The molecule has 10 heteroatoms. The lowest BCUT2D eigenvalue weighted by molar-refractivity contribution is -0.133. The van der Waals surface area contributed by atoms with Crippen molar-refractivity contribution in [2.45, 2.75) is 31.2 Å². The van der Waals surface area contributed by atoms with Gasteiger partial charge in [-0.05, 0) is 37.0 Å². The van der Waals surface area contributed by atoms with Gasteiger partial charge in [-0.3, -0.25) is 9.59 Å². The van der Waals surface area contributed by atoms with E-state index in [1.54, 1.807) is 47.4 Å². The van der Waals surface area contributed by atoms with Gasteiger partial charge in [-0.2, -0.15) is 4.31 Å². The third-order valence-electron chi connectivity index (χ3n) is 7.32. The second kappa shape index (κ2) is 10.3. The molecule has 0 bridgehead atoms. The number of hydrogen-bond acceptors (Lipinski definition) is 5. The molecule has 2 fully saturated rings. The summed E-state index contributed by atoms with van der Waals surface area (Å²) in [6, 6.07) is 13.0. The molecule has 2 aliphatic heterocycles. The number of sulfonamides is 1. The normalized spacial score (nSPS) is 19.4. The summed E-state index contributed by atoms with van der Waals surface area (Å²) in [7, 11) is -3.98. The number of piperazine rings is 1. The van der Waals surface area contributed by atoms with Crippen LogP contribution >= 0.6 is 0 Å². The van der Waals surface area contributed by atoms with Crippen molar-refractivity contribution in [2.24, 2.45) is 5.92 Å². The second-order valence-electron chi connectivity index (χ2n) is 9.90. The third-order valence-corrected chi connectivity index (χ3v) is 9.25. The maximum Gasteiger partial charge on any atom is 0.258 e. The molecule has 0 unspecified atom stereocenters. The zero-order valence-corrected chi connectivity index (χ0v) is 21.7. The predicted molar refractivity (Wildman–Crippen MR) is 141 cm³/mol. The number of halogens is 1. The number of rotatable bonds is 5. The van der Waals surface area contributed by atoms with Crippen molar-refractivity contribution in [3.05, 3.63) is 70.9 Å². The molecule has 0 N–H and O–H groups in total. The minimum atomic E-state index is -3.98. The van der Waals surface area contributed by atoms with Gasteiger partial charge in [0.25, 0.3) is 5.56 Å². The first-order valence-corrected chi connectivity index (χ1v) is 14.1. The predicted octanol–water partition coefficient (Wildman–Crippen LogP) is 2.91. The molecule has 8 nitrogen and oxygen atoms in total. The number of likely N-dealkylation sites (tertiary alicyclic amines) is 1. The SMILES string of the molecule is C[C@@H]1CCCN(C(=O)Cn2cc(S(=O)(=O)N3CCN(c4ccccc4F)CC3)c3ccccc3c2=O)C1. The Morgan fingerprint density at radius 3 is 2.35 bits per heavy atom. The van der Waals surface area contributed by atoms with Gasteiger partial charge >= 0.3 is 0 Å². The summed E-state index contributed by atoms with van der Waals surface area (Å²) in [5.74, 6) is -0.139. The summed E-state index contributed by atoms with van der Waals surface area (Å²) in [5.41, 5.74) is 0.0569. The van der Waals surface area contributed by atoms with Gasteiger partial charge in [-0.1, -0.05) is 37.3 Å². The molecule has 37 heavy (non-hydrogen) atoms. The lowest BCUT2D eigenvalue weighted by atomic mass is 10.0. The number of para-hydroxylation sites is 1. The van der Waals surface area contributed by atoms with Crippen LogP contribution in [0.1, 0.15) is 19.8 Å². The van der Waals surface area contributed by atoms with Crippen molar-refractivity contribution in [1.29, 1.82) is 0 Å². The number of hydrogen-bond donors (Lipinski definition) is 0. The van der Waals surface area contributed by atoms with E-state index in [2.05, 4.69) is 6.92 Å². The average molecular weight is 527 g/mol. The molecule has 0 saturated carbocycles. The highest BCUT2D eigenvalue weighted by atomic mass is 32.2. The standard InChI is InChI=1S/C27H31FN4O4S/c1-20-7-6-12-30(17-20)26(33)19-31-18-25(21-8-2-3-9-22(21)27(31)34)37(35,36)32-15-13-29(14-16-32)24-11-5-4-10-23(24)28/h2-5,8-11,18,20H,6-7,12-17,19H2,1H3/t20-/m1/s1. The molecule has 0 radical (unpaired) electrons. The van der Waals surface area contributed by atoms with Crippen LogP contribution in [0.4, 0.5) is 10.1 Å². The van der Waals surface area contributed by atoms with E-state index in [4.69, 9.17) is 0 Å². The van der Waals surface area contributed by atoms with E-state index in [1.165, 1.54) is 21.1 Å². The van der Waals surface area contributed by atoms with E-state index >= 15 is 0 Å². The maximum absolute atomic E-state index is 14.3. The first-order valence-electron chi connectivity index (χ1n) is 12.7. The summed E-state index contributed by atoms with van der Waals surface area (Å²) < 4.78 is 44.5. The lowest BCUT2D eigenvalue weighted by Crippen LogP contribution is -2.49. The molecule has 2 aliphatic rings. The molecule has 0 aliphatic carbocycles. The number of aromatic nitrogens is 1. The number of fused-ring (bicyclic) bond motifs is 1. The van der Waals surface area contributed by atoms with Crippen LogP contribution in [0.5, 0.6) is 0 Å². The Balaban J connectivity index is 1.44. The van der Waals surface area contributed by atoms with Crippen molar-refractivity contribution >= 4 is 32.4 Å². The lowest BCUT2D eigenvalue weighted by Gasteiger charge is -2.35. The molecule has 196 valence electrons. The van der Waals surface area contributed by atoms with Gasteiger partial charge in [0.15, 0.2) is 0 Å². The summed E-state index contributed by atoms with van der Waals surface area (Å²) >= 11 is 0. The quantitative estimate of drug-likeness (QED) is 0.511. The topological polar surface area (TPSA) is 82.9 Å². The van der Waals surface area contributed by atoms with Gasteiger partial charge in [-0.25, -0.2) is 12.8 Å². The first kappa shape index (κ1) is 25.4. The van der Waals surface area contributed by atoms with E-state index in [1.807, 2.05) is 4.90 Å². The monoisotopic (exact) mass is 526 g/mol. The smallest absolute Gasteiger partial charge is 0.258 e. The molecule has 3 heterocycles. The fourth-order valence-corrected chi connectivity index (χ4v) is 6.95. The molecule has 2 aromatic carbocycles. The summed E-state index contributed by atoms with van der Waals surface area (Å²) in [4.78, 5) is 29.9. The number of benzene rings is 2. The highest BCUT2D eigenvalue weighted by molar-refractivity contribution is 7.89. The van der Waals surface area contributed by atoms with Crippen LogP contribution in [0.3, 0.4) is 0 Å². The van der Waals surface area contributed by atoms with E-state index in [0.717, 1.165) is 12.8 Å². The number of anilines is 1. The van der Waals surface area contributed by atoms with Crippen LogP contribution < -0.4 is 10.5 Å². The summed E-state index contributed by atoms with van der Waals surface area (Å²) in [6.07, 6.45) is 3.29. The Morgan fingerprint density at radius 2 is 1.65 bits per heavy atom. The van der Waals surface area contributed by atoms with Gasteiger partial charge in [-0.15, -0.1) is 0 Å². The van der Waals surface area contributed by atoms with E-state index in [9.17, 15) is 22.4 Å². The van der Waals surface area contributed by atoms with E-state index in [-0.39, 0.29) is 41.6 Å². The minimum absolute atomic E-state index is 0.00172. The Morgan fingerprint density at radius 1 is 0.973 bits per heavy atom. The largest absolute Gasteiger partial charge is 0.367 e. The summed E-state index contributed by atoms with van der Waals surface area (Å²) in [6.45, 7) is 4.19. The van der Waals surface area contributed by atoms with Crippen molar-refractivity contribution in [3.8, 4) is 0 Å². The van der Waals surface area contributed by atoms with Crippen molar-refractivity contribution < 1.29 is 17.6 Å². The number of carbonyl (C=O) groups excluding carboxylic acids is 1. The van der Waals surface area contributed by atoms with Gasteiger partial charge < -0.3 is 14.4 Å². The molecule has 2 saturated heterocycles. The van der Waals surface area contributed by atoms with Crippen LogP contribution in [0.15, 0.2) is 64.4 Å². The average Bonchev–Trinajstić information content (AvgIpc) is 2.90. The summed E-state index contributed by atoms with van der Waals surface area (Å²) in [5, 5.41) is 0.590. The van der Waals surface area contributed by atoms with Crippen LogP contribution in [0, 0.1) is 11.7 Å². The highest BCUT2D eigenvalue weighted by Crippen LogP contribution is 2.27. The number of carbonyl (C=O) groups is 1. The molecule has 3 aromatic rings. The zero-order valence-electron chi connectivity index (χ0n) is 20.8. The second-order valence-corrected chi connectivity index (χ2v) is 11.8. The van der Waals surface area contributed by atoms with E-state index < -0.39 is 15.6 Å². The van der Waals surface area contributed by atoms with Crippen molar-refractivity contribution in [2.75, 3.05) is 44.2 Å². The molecule has 1 atom stereocenters. The van der Waals surface area contributed by atoms with Crippen LogP contribution in [0.2, 0.25) is 0 Å². The van der Waals surface area contributed by atoms with Crippen LogP contribution in [0.25, 0.3) is 10.8 Å². The first-order chi connectivity index (χ1) is 17.8. The Hall–Kier alpha value is -3.24.